The highest BCUT2D eigenvalue weighted by atomic mass is 19.1. The number of nitrogens with one attached hydrogen (secondary N) is 1. The van der Waals surface area contributed by atoms with Gasteiger partial charge in [0.15, 0.2) is 0 Å². The average molecular weight is 365 g/mol. The minimum atomic E-state index is -0.521. The van der Waals surface area contributed by atoms with Crippen LogP contribution in [0.25, 0.3) is 10.9 Å². The molecule has 27 heavy (non-hydrogen) atoms. The third-order valence-electron chi connectivity index (χ3n) is 4.93. The minimum absolute atomic E-state index is 0.0216. The standard InChI is InChI=1S/C21H20FN3O2/c1-14-11-15-5-2-3-6-19(15)25(14)13-20(26)23-18-12-16(8-9-17(18)22)24-10-4-7-21(24)27/h2-3,5-6,8-9,11-12H,4,7,10,13H2,1H3,(H,23,26). The molecule has 0 atom stereocenters. The molecule has 0 radical (unpaired) electrons. The second-order valence-electron chi connectivity index (χ2n) is 6.79. The first-order valence-corrected chi connectivity index (χ1v) is 8.97. The van der Waals surface area contributed by atoms with Crippen LogP contribution in [0, 0.1) is 12.7 Å². The van der Waals surface area contributed by atoms with Crippen LogP contribution in [-0.4, -0.2) is 22.9 Å². The molecule has 0 saturated carbocycles. The molecule has 1 fully saturated rings. The number of rotatable bonds is 4. The molecule has 2 aromatic carbocycles. The summed E-state index contributed by atoms with van der Waals surface area (Å²) in [6.07, 6.45) is 1.29. The summed E-state index contributed by atoms with van der Waals surface area (Å²) in [5.74, 6) is -0.815. The van der Waals surface area contributed by atoms with Gasteiger partial charge >= 0.3 is 0 Å². The maximum atomic E-state index is 14.2. The number of aryl methyl sites for hydroxylation is 1. The number of benzene rings is 2. The molecule has 1 aliphatic heterocycles. The van der Waals surface area contributed by atoms with Crippen LogP contribution < -0.4 is 10.2 Å². The molecule has 5 nitrogen and oxygen atoms in total. The van der Waals surface area contributed by atoms with Crippen LogP contribution in [0.4, 0.5) is 15.8 Å². The van der Waals surface area contributed by atoms with Crippen molar-refractivity contribution in [1.82, 2.24) is 4.57 Å². The lowest BCUT2D eigenvalue weighted by Crippen LogP contribution is -2.24. The summed E-state index contributed by atoms with van der Waals surface area (Å²) in [5, 5.41) is 3.71. The minimum Gasteiger partial charge on any atom is -0.335 e. The van der Waals surface area contributed by atoms with Crippen LogP contribution in [0.1, 0.15) is 18.5 Å². The van der Waals surface area contributed by atoms with E-state index in [9.17, 15) is 14.0 Å². The molecule has 0 spiro atoms. The molecule has 3 aromatic rings. The van der Waals surface area contributed by atoms with E-state index in [1.807, 2.05) is 41.8 Å². The first-order valence-electron chi connectivity index (χ1n) is 8.97. The predicted octanol–water partition coefficient (Wildman–Crippen LogP) is 3.85. The van der Waals surface area contributed by atoms with E-state index in [4.69, 9.17) is 0 Å². The van der Waals surface area contributed by atoms with Gasteiger partial charge in [-0.25, -0.2) is 4.39 Å². The van der Waals surface area contributed by atoms with E-state index in [-0.39, 0.29) is 24.0 Å². The Bertz CT molecular complexity index is 1040. The van der Waals surface area contributed by atoms with Crippen molar-refractivity contribution in [2.75, 3.05) is 16.8 Å². The Morgan fingerprint density at radius 1 is 1.19 bits per heavy atom. The summed E-state index contributed by atoms with van der Waals surface area (Å²) < 4.78 is 16.1. The van der Waals surface area contributed by atoms with E-state index in [1.54, 1.807) is 11.0 Å². The van der Waals surface area contributed by atoms with Crippen LogP contribution in [0.3, 0.4) is 0 Å². The van der Waals surface area contributed by atoms with Gasteiger partial charge in [0.1, 0.15) is 12.4 Å². The smallest absolute Gasteiger partial charge is 0.244 e. The van der Waals surface area contributed by atoms with Crippen LogP contribution in [0.2, 0.25) is 0 Å². The molecule has 0 unspecified atom stereocenters. The highest BCUT2D eigenvalue weighted by molar-refractivity contribution is 5.97. The molecule has 0 aliphatic carbocycles. The summed E-state index contributed by atoms with van der Waals surface area (Å²) in [5.41, 5.74) is 2.62. The average Bonchev–Trinajstić information content (AvgIpc) is 3.20. The number of fused-ring (bicyclic) bond motifs is 1. The van der Waals surface area contributed by atoms with Gasteiger partial charge in [-0.15, -0.1) is 0 Å². The molecule has 1 aromatic heterocycles. The van der Waals surface area contributed by atoms with Gasteiger partial charge in [-0.1, -0.05) is 18.2 Å². The topological polar surface area (TPSA) is 54.3 Å². The number of hydrogen-bond acceptors (Lipinski definition) is 2. The molecule has 2 heterocycles. The highest BCUT2D eigenvalue weighted by Gasteiger charge is 2.22. The number of carbonyl (C=O) groups is 2. The number of amides is 2. The summed E-state index contributed by atoms with van der Waals surface area (Å²) in [6, 6.07) is 14.2. The Labute approximate surface area is 156 Å². The van der Waals surface area contributed by atoms with Crippen molar-refractivity contribution in [3.05, 3.63) is 60.0 Å². The van der Waals surface area contributed by atoms with Crippen molar-refractivity contribution < 1.29 is 14.0 Å². The lowest BCUT2D eigenvalue weighted by Gasteiger charge is -2.17. The Hall–Kier alpha value is -3.15. The monoisotopic (exact) mass is 365 g/mol. The number of halogens is 1. The highest BCUT2D eigenvalue weighted by Crippen LogP contribution is 2.26. The summed E-state index contributed by atoms with van der Waals surface area (Å²) >= 11 is 0. The van der Waals surface area contributed by atoms with Gasteiger partial charge in [0, 0.05) is 29.9 Å². The molecule has 1 aliphatic rings. The van der Waals surface area contributed by atoms with Gasteiger partial charge in [-0.05, 0) is 49.1 Å². The SMILES string of the molecule is Cc1cc2ccccc2n1CC(=O)Nc1cc(N2CCCC2=O)ccc1F. The maximum absolute atomic E-state index is 14.2. The molecule has 1 N–H and O–H groups in total. The van der Waals surface area contributed by atoms with E-state index in [0.717, 1.165) is 23.0 Å². The van der Waals surface area contributed by atoms with Gasteiger partial charge < -0.3 is 14.8 Å². The zero-order valence-electron chi connectivity index (χ0n) is 15.0. The van der Waals surface area contributed by atoms with Crippen molar-refractivity contribution in [1.29, 1.82) is 0 Å². The van der Waals surface area contributed by atoms with E-state index in [1.165, 1.54) is 12.1 Å². The summed E-state index contributed by atoms with van der Waals surface area (Å²) in [7, 11) is 0. The van der Waals surface area contributed by atoms with Crippen LogP contribution in [0.15, 0.2) is 48.5 Å². The van der Waals surface area contributed by atoms with Gasteiger partial charge in [0.05, 0.1) is 5.69 Å². The van der Waals surface area contributed by atoms with Crippen molar-refractivity contribution >= 4 is 34.1 Å². The van der Waals surface area contributed by atoms with Crippen molar-refractivity contribution in [2.24, 2.45) is 0 Å². The normalized spacial score (nSPS) is 14.1. The lowest BCUT2D eigenvalue weighted by atomic mass is 10.2. The fraction of sp³-hybridized carbons (Fsp3) is 0.238. The van der Waals surface area contributed by atoms with Gasteiger partial charge in [0.2, 0.25) is 11.8 Å². The zero-order valence-corrected chi connectivity index (χ0v) is 15.0. The second kappa shape index (κ2) is 6.87. The number of anilines is 2. The quantitative estimate of drug-likeness (QED) is 0.763. The Kier molecular flexibility index (Phi) is 4.39. The van der Waals surface area contributed by atoms with E-state index >= 15 is 0 Å². The number of nitrogens with zero attached hydrogens (tertiary/aromatic N) is 2. The first kappa shape index (κ1) is 17.3. The number of aromatic nitrogens is 1. The predicted molar refractivity (Wildman–Crippen MR) is 103 cm³/mol. The van der Waals surface area contributed by atoms with Crippen LogP contribution in [-0.2, 0) is 16.1 Å². The molecular formula is C21H20FN3O2. The zero-order chi connectivity index (χ0) is 19.0. The molecule has 4 rings (SSSR count). The van der Waals surface area contributed by atoms with Gasteiger partial charge in [-0.2, -0.15) is 0 Å². The van der Waals surface area contributed by atoms with E-state index in [2.05, 4.69) is 5.32 Å². The fourth-order valence-electron chi connectivity index (χ4n) is 3.59. The molecule has 138 valence electrons. The maximum Gasteiger partial charge on any atom is 0.244 e. The molecular weight excluding hydrogens is 345 g/mol. The third-order valence-corrected chi connectivity index (χ3v) is 4.93. The second-order valence-corrected chi connectivity index (χ2v) is 6.79. The summed E-state index contributed by atoms with van der Waals surface area (Å²) in [6.45, 7) is 2.64. The molecule has 2 amide bonds. The first-order chi connectivity index (χ1) is 13.0. The fourth-order valence-corrected chi connectivity index (χ4v) is 3.59. The van der Waals surface area contributed by atoms with Gasteiger partial charge in [-0.3, -0.25) is 9.59 Å². The van der Waals surface area contributed by atoms with Crippen molar-refractivity contribution in [3.8, 4) is 0 Å². The largest absolute Gasteiger partial charge is 0.335 e. The number of carbonyl (C=O) groups excluding carboxylic acids is 2. The number of hydrogen-bond donors (Lipinski definition) is 1. The third kappa shape index (κ3) is 3.30. The lowest BCUT2D eigenvalue weighted by molar-refractivity contribution is -0.117. The van der Waals surface area contributed by atoms with Gasteiger partial charge in [0.25, 0.3) is 0 Å². The molecule has 0 bridgehead atoms. The van der Waals surface area contributed by atoms with Crippen LogP contribution in [0.5, 0.6) is 0 Å². The van der Waals surface area contributed by atoms with Crippen molar-refractivity contribution in [2.45, 2.75) is 26.3 Å². The Morgan fingerprint density at radius 3 is 2.78 bits per heavy atom. The van der Waals surface area contributed by atoms with E-state index in [0.29, 0.717) is 18.7 Å². The molecule has 6 heteroatoms. The number of para-hydroxylation sites is 1. The Morgan fingerprint density at radius 2 is 2.00 bits per heavy atom. The van der Waals surface area contributed by atoms with Crippen molar-refractivity contribution in [3.63, 3.8) is 0 Å². The van der Waals surface area contributed by atoms with Crippen LogP contribution >= 0.6 is 0 Å². The van der Waals surface area contributed by atoms with E-state index < -0.39 is 5.82 Å². The molecule has 1 saturated heterocycles. The summed E-state index contributed by atoms with van der Waals surface area (Å²) in [4.78, 5) is 26.1. The Balaban J connectivity index is 1.56.